The highest BCUT2D eigenvalue weighted by molar-refractivity contribution is 5.67. The zero-order chi connectivity index (χ0) is 16.8. The molecule has 1 aromatic carbocycles. The molecule has 0 spiro atoms. The lowest BCUT2D eigenvalue weighted by Crippen LogP contribution is -2.40. The highest BCUT2D eigenvalue weighted by Gasteiger charge is 2.16. The number of hydrogen-bond acceptors (Lipinski definition) is 6. The predicted octanol–water partition coefficient (Wildman–Crippen LogP) is 2.24. The minimum Gasteiger partial charge on any atom is -0.496 e. The molecule has 1 amide bonds. The van der Waals surface area contributed by atoms with E-state index in [0.29, 0.717) is 23.8 Å². The molecule has 7 heteroatoms. The summed E-state index contributed by atoms with van der Waals surface area (Å²) in [6.45, 7) is 5.72. The molecule has 0 aliphatic carbocycles. The maximum absolute atomic E-state index is 11.6. The number of benzene rings is 1. The average Bonchev–Trinajstić information content (AvgIpc) is 2.44. The number of carbonyl (C=O) groups excluding carboxylic acids is 1. The molecule has 2 N–H and O–H groups in total. The van der Waals surface area contributed by atoms with Gasteiger partial charge in [0.2, 0.25) is 0 Å². The molecular weight excluding hydrogens is 288 g/mol. The molecule has 0 bridgehead atoms. The summed E-state index contributed by atoms with van der Waals surface area (Å²) in [5.41, 5.74) is 5.51. The highest BCUT2D eigenvalue weighted by Crippen LogP contribution is 2.34. The Balaban J connectivity index is 2.71. The fraction of sp³-hybridized carbons (Fsp3) is 0.533. The number of ether oxygens (including phenoxy) is 4. The Bertz CT molecular complexity index is 511. The van der Waals surface area contributed by atoms with Crippen LogP contribution in [0.15, 0.2) is 12.1 Å². The Morgan fingerprint density at radius 1 is 1.00 bits per heavy atom. The number of hydrogen-bond donors (Lipinski definition) is 2. The van der Waals surface area contributed by atoms with Crippen LogP contribution in [-0.4, -0.2) is 33.0 Å². The summed E-state index contributed by atoms with van der Waals surface area (Å²) < 4.78 is 20.9. The maximum Gasteiger partial charge on any atom is 0.422 e. The molecule has 1 aromatic rings. The van der Waals surface area contributed by atoms with E-state index in [2.05, 4.69) is 10.9 Å². The zero-order valence-electron chi connectivity index (χ0n) is 13.9. The molecule has 0 unspecified atom stereocenters. The third kappa shape index (κ3) is 5.33. The van der Waals surface area contributed by atoms with Gasteiger partial charge in [-0.05, 0) is 26.8 Å². The lowest BCUT2D eigenvalue weighted by Gasteiger charge is -2.20. The minimum atomic E-state index is -0.549. The Morgan fingerprint density at radius 3 is 2.05 bits per heavy atom. The van der Waals surface area contributed by atoms with E-state index in [1.165, 1.54) is 0 Å². The monoisotopic (exact) mass is 312 g/mol. The van der Waals surface area contributed by atoms with Crippen molar-refractivity contribution in [3.05, 3.63) is 17.7 Å². The number of hydrazine groups is 1. The van der Waals surface area contributed by atoms with Gasteiger partial charge >= 0.3 is 6.09 Å². The first-order valence-electron chi connectivity index (χ1n) is 6.81. The molecule has 7 nitrogen and oxygen atoms in total. The van der Waals surface area contributed by atoms with Crippen LogP contribution in [0.5, 0.6) is 17.2 Å². The molecule has 0 saturated carbocycles. The third-order valence-electron chi connectivity index (χ3n) is 2.65. The van der Waals surface area contributed by atoms with Crippen LogP contribution in [0.1, 0.15) is 26.3 Å². The van der Waals surface area contributed by atoms with Crippen molar-refractivity contribution in [2.45, 2.75) is 32.9 Å². The van der Waals surface area contributed by atoms with Gasteiger partial charge in [-0.3, -0.25) is 5.43 Å². The van der Waals surface area contributed by atoms with Gasteiger partial charge < -0.3 is 18.9 Å². The normalized spacial score (nSPS) is 10.8. The number of amides is 1. The Labute approximate surface area is 130 Å². The van der Waals surface area contributed by atoms with Gasteiger partial charge in [0.15, 0.2) is 11.5 Å². The SMILES string of the molecule is COc1cc(OC)c(OC)cc1CNNC(=O)OC(C)(C)C. The van der Waals surface area contributed by atoms with Crippen LogP contribution in [0.4, 0.5) is 4.79 Å². The maximum atomic E-state index is 11.6. The predicted molar refractivity (Wildman–Crippen MR) is 82.3 cm³/mol. The topological polar surface area (TPSA) is 78.0 Å². The quantitative estimate of drug-likeness (QED) is 0.784. The molecule has 124 valence electrons. The van der Waals surface area contributed by atoms with E-state index in [-0.39, 0.29) is 0 Å². The molecule has 0 heterocycles. The van der Waals surface area contributed by atoms with Gasteiger partial charge in [0.25, 0.3) is 0 Å². The second-order valence-corrected chi connectivity index (χ2v) is 5.50. The van der Waals surface area contributed by atoms with E-state index in [1.54, 1.807) is 54.2 Å². The summed E-state index contributed by atoms with van der Waals surface area (Å²) in [5.74, 6) is 1.77. The number of methoxy groups -OCH3 is 3. The van der Waals surface area contributed by atoms with Crippen molar-refractivity contribution in [2.75, 3.05) is 21.3 Å². The van der Waals surface area contributed by atoms with Gasteiger partial charge in [-0.15, -0.1) is 0 Å². The summed E-state index contributed by atoms with van der Waals surface area (Å²) in [4.78, 5) is 11.6. The summed E-state index contributed by atoms with van der Waals surface area (Å²) in [5, 5.41) is 0. The molecule has 0 aromatic heterocycles. The highest BCUT2D eigenvalue weighted by atomic mass is 16.6. The second kappa shape index (κ2) is 7.74. The van der Waals surface area contributed by atoms with Crippen LogP contribution in [0, 0.1) is 0 Å². The summed E-state index contributed by atoms with van der Waals surface area (Å²) >= 11 is 0. The Morgan fingerprint density at radius 2 is 1.55 bits per heavy atom. The summed E-state index contributed by atoms with van der Waals surface area (Å²) in [6, 6.07) is 3.50. The van der Waals surface area contributed by atoms with Crippen molar-refractivity contribution in [2.24, 2.45) is 0 Å². The molecule has 0 atom stereocenters. The lowest BCUT2D eigenvalue weighted by molar-refractivity contribution is 0.0497. The van der Waals surface area contributed by atoms with Gasteiger partial charge in [0, 0.05) is 18.2 Å². The van der Waals surface area contributed by atoms with Gasteiger partial charge in [-0.1, -0.05) is 0 Å². The van der Waals surface area contributed by atoms with E-state index >= 15 is 0 Å². The van der Waals surface area contributed by atoms with E-state index in [4.69, 9.17) is 18.9 Å². The van der Waals surface area contributed by atoms with Gasteiger partial charge in [-0.25, -0.2) is 10.2 Å². The van der Waals surface area contributed by atoms with E-state index in [0.717, 1.165) is 5.56 Å². The number of nitrogens with one attached hydrogen (secondary N) is 2. The van der Waals surface area contributed by atoms with Gasteiger partial charge in [0.05, 0.1) is 21.3 Å². The third-order valence-corrected chi connectivity index (χ3v) is 2.65. The van der Waals surface area contributed by atoms with Gasteiger partial charge in [0.1, 0.15) is 11.4 Å². The van der Waals surface area contributed by atoms with E-state index in [9.17, 15) is 4.79 Å². The van der Waals surface area contributed by atoms with Crippen LogP contribution in [0.2, 0.25) is 0 Å². The Hall–Kier alpha value is -2.15. The van der Waals surface area contributed by atoms with E-state index in [1.807, 2.05) is 0 Å². The van der Waals surface area contributed by atoms with Crippen molar-refractivity contribution in [3.63, 3.8) is 0 Å². The first kappa shape index (κ1) is 17.9. The average molecular weight is 312 g/mol. The minimum absolute atomic E-state index is 0.336. The smallest absolute Gasteiger partial charge is 0.422 e. The molecule has 22 heavy (non-hydrogen) atoms. The number of carbonyl (C=O) groups is 1. The van der Waals surface area contributed by atoms with Crippen LogP contribution in [-0.2, 0) is 11.3 Å². The second-order valence-electron chi connectivity index (χ2n) is 5.50. The van der Waals surface area contributed by atoms with Crippen LogP contribution in [0.25, 0.3) is 0 Å². The molecule has 1 rings (SSSR count). The fourth-order valence-corrected chi connectivity index (χ4v) is 1.75. The van der Waals surface area contributed by atoms with E-state index < -0.39 is 11.7 Å². The molecule has 0 aliphatic heterocycles. The van der Waals surface area contributed by atoms with Crippen LogP contribution >= 0.6 is 0 Å². The van der Waals surface area contributed by atoms with Crippen molar-refractivity contribution in [1.29, 1.82) is 0 Å². The molecule has 0 fully saturated rings. The van der Waals surface area contributed by atoms with Crippen LogP contribution < -0.4 is 25.1 Å². The molecule has 0 radical (unpaired) electrons. The van der Waals surface area contributed by atoms with Crippen molar-refractivity contribution in [1.82, 2.24) is 10.9 Å². The summed E-state index contributed by atoms with van der Waals surface area (Å²) in [6.07, 6.45) is -0.549. The van der Waals surface area contributed by atoms with Crippen molar-refractivity contribution < 1.29 is 23.7 Å². The van der Waals surface area contributed by atoms with Gasteiger partial charge in [-0.2, -0.15) is 0 Å². The van der Waals surface area contributed by atoms with Crippen molar-refractivity contribution in [3.8, 4) is 17.2 Å². The Kier molecular flexibility index (Phi) is 6.30. The largest absolute Gasteiger partial charge is 0.496 e. The molecular formula is C15H24N2O5. The van der Waals surface area contributed by atoms with Crippen molar-refractivity contribution >= 4 is 6.09 Å². The zero-order valence-corrected chi connectivity index (χ0v) is 13.9. The summed E-state index contributed by atoms with van der Waals surface area (Å²) in [7, 11) is 4.67. The molecule has 0 saturated heterocycles. The van der Waals surface area contributed by atoms with Crippen LogP contribution in [0.3, 0.4) is 0 Å². The lowest BCUT2D eigenvalue weighted by atomic mass is 10.1. The number of rotatable bonds is 6. The standard InChI is InChI=1S/C15H24N2O5/c1-15(2,3)22-14(18)17-16-9-10-7-12(20-5)13(21-6)8-11(10)19-4/h7-8,16H,9H2,1-6H3,(H,17,18). The first-order chi connectivity index (χ1) is 10.3. The fourth-order valence-electron chi connectivity index (χ4n) is 1.75. The molecule has 0 aliphatic rings. The first-order valence-corrected chi connectivity index (χ1v) is 6.81.